The molecule has 4 aliphatic rings. The number of H-pyrrole nitrogens is 1. The lowest BCUT2D eigenvalue weighted by Gasteiger charge is -2.45. The number of aromatic hydroxyl groups is 1. The highest BCUT2D eigenvalue weighted by atomic mass is 35.5. The van der Waals surface area contributed by atoms with Crippen molar-refractivity contribution in [2.24, 2.45) is 5.92 Å². The van der Waals surface area contributed by atoms with E-state index in [4.69, 9.17) is 21.1 Å². The number of unbranched alkanes of at least 4 members (excludes halogenated alkanes) is 1. The lowest BCUT2D eigenvalue weighted by Crippen LogP contribution is -2.53. The van der Waals surface area contributed by atoms with Gasteiger partial charge in [-0.05, 0) is 105 Å². The van der Waals surface area contributed by atoms with Crippen LogP contribution in [0.25, 0.3) is 10.9 Å². The van der Waals surface area contributed by atoms with Gasteiger partial charge in [-0.2, -0.15) is 0 Å². The number of phenols is 1. The number of aryl methyl sites for hydroxylation is 1. The van der Waals surface area contributed by atoms with Gasteiger partial charge in [0.1, 0.15) is 17.6 Å². The van der Waals surface area contributed by atoms with Crippen molar-refractivity contribution in [1.29, 1.82) is 0 Å². The molecule has 5 N–H and O–H groups in total. The first-order valence-corrected chi connectivity index (χ1v) is 20.4. The second-order valence-corrected chi connectivity index (χ2v) is 16.1. The fourth-order valence-electron chi connectivity index (χ4n) is 8.94. The van der Waals surface area contributed by atoms with Crippen LogP contribution in [-0.2, 0) is 27.9 Å². The molecule has 12 heteroatoms. The van der Waals surface area contributed by atoms with Gasteiger partial charge in [0, 0.05) is 43.2 Å². The van der Waals surface area contributed by atoms with Crippen LogP contribution in [0.3, 0.4) is 0 Å². The molecule has 2 bridgehead atoms. The van der Waals surface area contributed by atoms with E-state index in [2.05, 4.69) is 44.8 Å². The molecule has 1 aliphatic carbocycles. The van der Waals surface area contributed by atoms with E-state index in [9.17, 15) is 24.6 Å². The average Bonchev–Trinajstić information content (AvgIpc) is 3.21. The Bertz CT molecular complexity index is 2090. The number of rotatable bonds is 15. The normalized spacial score (nSPS) is 20.7. The van der Waals surface area contributed by atoms with Gasteiger partial charge in [0.15, 0.2) is 0 Å². The number of fused-ring (bicyclic) bond motifs is 4. The van der Waals surface area contributed by atoms with Crippen molar-refractivity contribution in [3.8, 4) is 11.5 Å². The molecule has 11 nitrogen and oxygen atoms in total. The quantitative estimate of drug-likeness (QED) is 0.0690. The second kappa shape index (κ2) is 17.8. The summed E-state index contributed by atoms with van der Waals surface area (Å²) in [5.41, 5.74) is 3.19. The number of ether oxygens (including phenoxy) is 2. The zero-order valence-electron chi connectivity index (χ0n) is 32.1. The number of aromatic amines is 1. The number of carbonyl (C=O) groups is 2. The fourth-order valence-corrected chi connectivity index (χ4v) is 9.21. The van der Waals surface area contributed by atoms with Crippen molar-refractivity contribution in [1.82, 2.24) is 20.5 Å². The van der Waals surface area contributed by atoms with Gasteiger partial charge in [-0.1, -0.05) is 61.2 Å². The molecule has 0 unspecified atom stereocenters. The third-order valence-electron chi connectivity index (χ3n) is 12.1. The lowest BCUT2D eigenvalue weighted by molar-refractivity contribution is -0.167. The number of pyridine rings is 1. The standard InChI is InChI=1S/C44H53ClN4O7/c1-55-38-24-34(35(45)23-30(38)25-46-26-37(51)32-11-13-36(50)41-33(32)12-14-40(52)48-41)42(53)47-19-6-3-8-28-9-7-10-31(22-28)44(17-4-2-5-18-44)43(54)56-39-27-49-20-15-29(39)16-21-49/h7,9-14,22-24,29,37,39,46,50-51H,2-6,8,15-21,25-27H2,1H3,(H,47,53)(H,48,52)/t37-,39-/m0/s1. The van der Waals surface area contributed by atoms with Crippen LogP contribution in [0.1, 0.15) is 96.5 Å². The molecule has 8 rings (SSSR count). The minimum absolute atomic E-state index is 0.00866. The topological polar surface area (TPSA) is 153 Å². The predicted octanol–water partition coefficient (Wildman–Crippen LogP) is 6.31. The van der Waals surface area contributed by atoms with Crippen LogP contribution < -0.4 is 20.9 Å². The van der Waals surface area contributed by atoms with Crippen LogP contribution in [0.2, 0.25) is 5.02 Å². The maximum Gasteiger partial charge on any atom is 0.316 e. The largest absolute Gasteiger partial charge is 0.506 e. The summed E-state index contributed by atoms with van der Waals surface area (Å²) in [7, 11) is 1.53. The first-order chi connectivity index (χ1) is 27.1. The van der Waals surface area contributed by atoms with Crippen LogP contribution in [0.4, 0.5) is 0 Å². The maximum absolute atomic E-state index is 14.0. The molecule has 1 amide bonds. The molecule has 0 spiro atoms. The van der Waals surface area contributed by atoms with Gasteiger partial charge in [0.05, 0.1) is 34.7 Å². The van der Waals surface area contributed by atoms with E-state index in [-0.39, 0.29) is 46.4 Å². The summed E-state index contributed by atoms with van der Waals surface area (Å²) in [6.45, 7) is 4.05. The van der Waals surface area contributed by atoms with Gasteiger partial charge in [-0.3, -0.25) is 19.3 Å². The van der Waals surface area contributed by atoms with Crippen LogP contribution in [-0.4, -0.2) is 77.9 Å². The number of phenolic OH excluding ortho intramolecular Hbond substituents is 1. The van der Waals surface area contributed by atoms with Gasteiger partial charge in [0.25, 0.3) is 5.91 Å². The second-order valence-electron chi connectivity index (χ2n) is 15.7. The van der Waals surface area contributed by atoms with E-state index in [0.717, 1.165) is 89.4 Å². The highest BCUT2D eigenvalue weighted by Gasteiger charge is 2.46. The summed E-state index contributed by atoms with van der Waals surface area (Å²) in [4.78, 5) is 44.0. The van der Waals surface area contributed by atoms with Crippen molar-refractivity contribution in [3.63, 3.8) is 0 Å². The van der Waals surface area contributed by atoms with Crippen LogP contribution in [0.15, 0.2) is 65.5 Å². The van der Waals surface area contributed by atoms with Crippen molar-refractivity contribution in [2.75, 3.05) is 39.8 Å². The Labute approximate surface area is 332 Å². The number of nitrogens with zero attached hydrogens (tertiary/aromatic N) is 1. The first kappa shape index (κ1) is 39.8. The third-order valence-corrected chi connectivity index (χ3v) is 12.5. The first-order valence-electron chi connectivity index (χ1n) is 20.1. The van der Waals surface area contributed by atoms with Crippen molar-refractivity contribution in [3.05, 3.63) is 104 Å². The number of amides is 1. The Morgan fingerprint density at radius 1 is 1.04 bits per heavy atom. The Morgan fingerprint density at radius 2 is 1.84 bits per heavy atom. The number of aromatic nitrogens is 1. The summed E-state index contributed by atoms with van der Waals surface area (Å²) < 4.78 is 12.0. The van der Waals surface area contributed by atoms with Crippen molar-refractivity contribution < 1.29 is 29.3 Å². The van der Waals surface area contributed by atoms with Gasteiger partial charge in [0.2, 0.25) is 5.56 Å². The van der Waals surface area contributed by atoms with Crippen molar-refractivity contribution >= 4 is 34.4 Å². The van der Waals surface area contributed by atoms with E-state index in [0.29, 0.717) is 46.8 Å². The number of hydrogen-bond acceptors (Lipinski definition) is 9. The molecule has 3 aliphatic heterocycles. The van der Waals surface area contributed by atoms with E-state index < -0.39 is 11.5 Å². The highest BCUT2D eigenvalue weighted by molar-refractivity contribution is 6.34. The summed E-state index contributed by atoms with van der Waals surface area (Å²) in [5.74, 6) is 0.573. The average molecular weight is 785 g/mol. The molecule has 3 aromatic carbocycles. The summed E-state index contributed by atoms with van der Waals surface area (Å²) in [6.07, 6.45) is 8.67. The van der Waals surface area contributed by atoms with Gasteiger partial charge < -0.3 is 35.3 Å². The van der Waals surface area contributed by atoms with Gasteiger partial charge in [-0.15, -0.1) is 0 Å². The molecule has 0 radical (unpaired) electrons. The number of methoxy groups -OCH3 is 1. The number of aliphatic hydroxyl groups is 1. The molecule has 4 aromatic rings. The summed E-state index contributed by atoms with van der Waals surface area (Å²) in [5, 5.41) is 28.1. The fraction of sp³-hybridized carbons (Fsp3) is 0.477. The minimum Gasteiger partial charge on any atom is -0.506 e. The number of aliphatic hydroxyl groups excluding tert-OH is 1. The molecule has 1 saturated carbocycles. The third kappa shape index (κ3) is 8.76. The van der Waals surface area contributed by atoms with Crippen molar-refractivity contribution in [2.45, 2.75) is 88.4 Å². The Balaban J connectivity index is 0.901. The van der Waals surface area contributed by atoms with E-state index in [1.165, 1.54) is 24.8 Å². The molecule has 4 fully saturated rings. The highest BCUT2D eigenvalue weighted by Crippen LogP contribution is 2.42. The number of carbonyl (C=O) groups excluding carboxylic acids is 2. The molecule has 56 heavy (non-hydrogen) atoms. The minimum atomic E-state index is -0.934. The number of piperidine rings is 3. The predicted molar refractivity (Wildman–Crippen MR) is 216 cm³/mol. The molecule has 1 aromatic heterocycles. The van der Waals surface area contributed by atoms with E-state index >= 15 is 0 Å². The molecular formula is C44H53ClN4O7. The maximum atomic E-state index is 14.0. The van der Waals surface area contributed by atoms with Gasteiger partial charge >= 0.3 is 5.97 Å². The van der Waals surface area contributed by atoms with Crippen LogP contribution in [0, 0.1) is 5.92 Å². The monoisotopic (exact) mass is 784 g/mol. The zero-order chi connectivity index (χ0) is 39.2. The van der Waals surface area contributed by atoms with Gasteiger partial charge in [-0.25, -0.2) is 0 Å². The Kier molecular flexibility index (Phi) is 12.7. The molecule has 298 valence electrons. The van der Waals surface area contributed by atoms with E-state index in [1.54, 1.807) is 24.3 Å². The number of hydrogen-bond donors (Lipinski definition) is 5. The number of esters is 1. The Hall–Kier alpha value is -4.42. The lowest BCUT2D eigenvalue weighted by atomic mass is 9.69. The SMILES string of the molecule is COc1cc(C(=O)NCCCCc2cccc(C3(C(=O)O[C@H]4CN5CCC4CC5)CCCCC3)c2)c(Cl)cc1CNC[C@H](O)c1ccc(O)c2[nH]c(=O)ccc12. The summed E-state index contributed by atoms with van der Waals surface area (Å²) in [6, 6.07) is 17.8. The number of nitrogens with one attached hydrogen (secondary N) is 3. The molecule has 3 saturated heterocycles. The van der Waals surface area contributed by atoms with Crippen LogP contribution in [0.5, 0.6) is 11.5 Å². The summed E-state index contributed by atoms with van der Waals surface area (Å²) >= 11 is 6.61. The van der Waals surface area contributed by atoms with E-state index in [1.807, 2.05) is 0 Å². The smallest absolute Gasteiger partial charge is 0.316 e. The number of halogens is 1. The zero-order valence-corrected chi connectivity index (χ0v) is 32.8. The molecular weight excluding hydrogens is 732 g/mol. The molecule has 2 atom stereocenters. The number of benzene rings is 3. The van der Waals surface area contributed by atoms with Crippen LogP contribution >= 0.6 is 11.6 Å². The molecule has 4 heterocycles. The Morgan fingerprint density at radius 3 is 2.59 bits per heavy atom.